The highest BCUT2D eigenvalue weighted by atomic mass is 32.1. The van der Waals surface area contributed by atoms with E-state index in [1.165, 1.54) is 16.9 Å². The van der Waals surface area contributed by atoms with Crippen molar-refractivity contribution < 1.29 is 9.59 Å². The summed E-state index contributed by atoms with van der Waals surface area (Å²) >= 11 is 1.39. The van der Waals surface area contributed by atoms with Gasteiger partial charge in [-0.15, -0.1) is 11.3 Å². The summed E-state index contributed by atoms with van der Waals surface area (Å²) in [4.78, 5) is 28.3. The van der Waals surface area contributed by atoms with Crippen molar-refractivity contribution in [3.8, 4) is 5.69 Å². The van der Waals surface area contributed by atoms with Crippen molar-refractivity contribution in [2.45, 2.75) is 53.9 Å². The summed E-state index contributed by atoms with van der Waals surface area (Å²) < 4.78 is 1.79. The van der Waals surface area contributed by atoms with Crippen LogP contribution in [0.1, 0.15) is 61.1 Å². The molecule has 2 heterocycles. The summed E-state index contributed by atoms with van der Waals surface area (Å²) in [5.74, 6) is 0.485. The molecule has 0 saturated carbocycles. The molecule has 0 bridgehead atoms. The fraction of sp³-hybridized carbons (Fsp3) is 0.423. The number of amides is 2. The molecule has 0 spiro atoms. The van der Waals surface area contributed by atoms with Crippen molar-refractivity contribution in [2.24, 2.45) is 5.92 Å². The van der Waals surface area contributed by atoms with E-state index in [0.29, 0.717) is 17.2 Å². The molecule has 2 aromatic heterocycles. The third kappa shape index (κ3) is 6.11. The van der Waals surface area contributed by atoms with Gasteiger partial charge in [-0.3, -0.25) is 9.59 Å². The topological polar surface area (TPSA) is 67.2 Å². The van der Waals surface area contributed by atoms with E-state index < -0.39 is 0 Å². The number of aromatic nitrogens is 2. The zero-order chi connectivity index (χ0) is 24.3. The molecular weight excluding hydrogens is 432 g/mol. The predicted molar refractivity (Wildman–Crippen MR) is 135 cm³/mol. The van der Waals surface area contributed by atoms with Gasteiger partial charge in [0.15, 0.2) is 0 Å². The lowest BCUT2D eigenvalue weighted by Gasteiger charge is -2.23. The van der Waals surface area contributed by atoms with Crippen molar-refractivity contribution >= 4 is 29.0 Å². The van der Waals surface area contributed by atoms with E-state index in [-0.39, 0.29) is 29.7 Å². The third-order valence-electron chi connectivity index (χ3n) is 5.26. The number of hydrogen-bond donors (Lipinski definition) is 1. The molecule has 33 heavy (non-hydrogen) atoms. The fourth-order valence-corrected chi connectivity index (χ4v) is 4.33. The Morgan fingerprint density at radius 1 is 1.15 bits per heavy atom. The van der Waals surface area contributed by atoms with Crippen LogP contribution in [-0.2, 0) is 10.2 Å². The van der Waals surface area contributed by atoms with Crippen LogP contribution < -0.4 is 5.32 Å². The highest BCUT2D eigenvalue weighted by molar-refractivity contribution is 7.12. The van der Waals surface area contributed by atoms with E-state index in [2.05, 4.69) is 39.1 Å². The molecule has 0 radical (unpaired) electrons. The monoisotopic (exact) mass is 466 g/mol. The first-order valence-corrected chi connectivity index (χ1v) is 12.1. The van der Waals surface area contributed by atoms with Gasteiger partial charge in [-0.05, 0) is 42.8 Å². The summed E-state index contributed by atoms with van der Waals surface area (Å²) in [7, 11) is 0. The lowest BCUT2D eigenvalue weighted by molar-refractivity contribution is -0.117. The zero-order valence-corrected chi connectivity index (χ0v) is 21.4. The van der Waals surface area contributed by atoms with Crippen molar-refractivity contribution in [2.75, 3.05) is 18.4 Å². The van der Waals surface area contributed by atoms with Crippen molar-refractivity contribution in [3.63, 3.8) is 0 Å². The van der Waals surface area contributed by atoms with Gasteiger partial charge in [0.2, 0.25) is 5.91 Å². The Balaban J connectivity index is 1.90. The van der Waals surface area contributed by atoms with E-state index in [0.717, 1.165) is 16.9 Å². The summed E-state index contributed by atoms with van der Waals surface area (Å²) in [5.41, 5.74) is 3.86. The smallest absolute Gasteiger partial charge is 0.264 e. The molecule has 3 rings (SSSR count). The molecule has 0 fully saturated rings. The number of carbonyl (C=O) groups is 2. The number of carbonyl (C=O) groups excluding carboxylic acids is 2. The van der Waals surface area contributed by atoms with Gasteiger partial charge in [-0.25, -0.2) is 4.68 Å². The van der Waals surface area contributed by atoms with Gasteiger partial charge in [-0.2, -0.15) is 5.10 Å². The minimum absolute atomic E-state index is 0.0160. The first-order valence-electron chi connectivity index (χ1n) is 11.3. The summed E-state index contributed by atoms with van der Waals surface area (Å²) in [5, 5.41) is 9.71. The van der Waals surface area contributed by atoms with E-state index in [1.54, 1.807) is 15.6 Å². The lowest BCUT2D eigenvalue weighted by Crippen LogP contribution is -2.40. The predicted octanol–water partition coefficient (Wildman–Crippen LogP) is 5.59. The van der Waals surface area contributed by atoms with Crippen molar-refractivity contribution in [1.29, 1.82) is 0 Å². The Morgan fingerprint density at radius 3 is 2.45 bits per heavy atom. The Kier molecular flexibility index (Phi) is 7.42. The van der Waals surface area contributed by atoms with Crippen LogP contribution >= 0.6 is 11.3 Å². The number of hydrogen-bond acceptors (Lipinski definition) is 4. The molecule has 7 heteroatoms. The Labute approximate surface area is 200 Å². The second kappa shape index (κ2) is 9.91. The summed E-state index contributed by atoms with van der Waals surface area (Å²) in [6, 6.07) is 11.7. The molecule has 0 unspecified atom stereocenters. The first kappa shape index (κ1) is 24.7. The van der Waals surface area contributed by atoms with Gasteiger partial charge >= 0.3 is 0 Å². The molecule has 0 aliphatic rings. The van der Waals surface area contributed by atoms with Gasteiger partial charge < -0.3 is 10.2 Å². The Morgan fingerprint density at radius 2 is 1.88 bits per heavy atom. The summed E-state index contributed by atoms with van der Waals surface area (Å²) in [6.07, 6.45) is 0. The average molecular weight is 467 g/mol. The van der Waals surface area contributed by atoms with Gasteiger partial charge in [0, 0.05) is 18.0 Å². The standard InChI is InChI=1S/C26H34N4O2S/c1-17(2)15-29(25(32)21-9-8-12-33-21)16-24(31)27-23-14-22(26(5,6)7)28-30(23)20-11-10-18(3)13-19(20)4/h8-14,17H,15-16H2,1-7H3,(H,27,31). The number of benzene rings is 1. The number of aryl methyl sites for hydroxylation is 2. The highest BCUT2D eigenvalue weighted by Crippen LogP contribution is 2.28. The number of nitrogens with one attached hydrogen (secondary N) is 1. The molecular formula is C26H34N4O2S. The van der Waals surface area contributed by atoms with Crippen molar-refractivity contribution in [1.82, 2.24) is 14.7 Å². The van der Waals surface area contributed by atoms with E-state index >= 15 is 0 Å². The molecule has 0 aliphatic carbocycles. The second-order valence-electron chi connectivity index (χ2n) is 9.97. The Hall–Kier alpha value is -2.93. The first-order chi connectivity index (χ1) is 15.5. The molecule has 3 aromatic rings. The second-order valence-corrected chi connectivity index (χ2v) is 10.9. The minimum Gasteiger partial charge on any atom is -0.328 e. The minimum atomic E-state index is -0.244. The molecule has 176 valence electrons. The number of rotatable bonds is 7. The lowest BCUT2D eigenvalue weighted by atomic mass is 9.92. The molecule has 0 aliphatic heterocycles. The summed E-state index contributed by atoms with van der Waals surface area (Å²) in [6.45, 7) is 14.9. The number of thiophene rings is 1. The maximum absolute atomic E-state index is 13.1. The molecule has 1 N–H and O–H groups in total. The maximum atomic E-state index is 13.1. The number of nitrogens with zero attached hydrogens (tertiary/aromatic N) is 3. The fourth-order valence-electron chi connectivity index (χ4n) is 3.64. The molecule has 2 amide bonds. The van der Waals surface area contributed by atoms with E-state index in [1.807, 2.05) is 50.4 Å². The third-order valence-corrected chi connectivity index (χ3v) is 6.12. The van der Waals surface area contributed by atoms with Crippen LogP contribution in [0.25, 0.3) is 5.69 Å². The molecule has 1 aromatic carbocycles. The average Bonchev–Trinajstić information content (AvgIpc) is 3.36. The van der Waals surface area contributed by atoms with E-state index in [9.17, 15) is 9.59 Å². The van der Waals surface area contributed by atoms with Gasteiger partial charge in [0.1, 0.15) is 12.4 Å². The van der Waals surface area contributed by atoms with Crippen LogP contribution in [0.15, 0.2) is 41.8 Å². The molecule has 0 saturated heterocycles. The van der Waals surface area contributed by atoms with Crippen LogP contribution in [0.2, 0.25) is 0 Å². The van der Waals surface area contributed by atoms with Crippen molar-refractivity contribution in [3.05, 3.63) is 63.5 Å². The SMILES string of the molecule is Cc1ccc(-n2nc(C(C)(C)C)cc2NC(=O)CN(CC(C)C)C(=O)c2cccs2)c(C)c1. The van der Waals surface area contributed by atoms with Gasteiger partial charge in [0.25, 0.3) is 5.91 Å². The van der Waals surface area contributed by atoms with Crippen LogP contribution in [0.4, 0.5) is 5.82 Å². The van der Waals surface area contributed by atoms with Crippen LogP contribution in [0.3, 0.4) is 0 Å². The van der Waals surface area contributed by atoms with Gasteiger partial charge in [0.05, 0.1) is 16.3 Å². The molecule has 0 atom stereocenters. The van der Waals surface area contributed by atoms with Crippen LogP contribution in [-0.4, -0.2) is 39.6 Å². The van der Waals surface area contributed by atoms with E-state index in [4.69, 9.17) is 5.10 Å². The number of anilines is 1. The maximum Gasteiger partial charge on any atom is 0.264 e. The van der Waals surface area contributed by atoms with Crippen LogP contribution in [0, 0.1) is 19.8 Å². The highest BCUT2D eigenvalue weighted by Gasteiger charge is 2.24. The Bertz CT molecular complexity index is 1120. The largest absolute Gasteiger partial charge is 0.328 e. The molecule has 6 nitrogen and oxygen atoms in total. The zero-order valence-electron chi connectivity index (χ0n) is 20.6. The normalized spacial score (nSPS) is 11.6. The van der Waals surface area contributed by atoms with Crippen LogP contribution in [0.5, 0.6) is 0 Å². The quantitative estimate of drug-likeness (QED) is 0.494. The van der Waals surface area contributed by atoms with Gasteiger partial charge in [-0.1, -0.05) is 58.4 Å².